The van der Waals surface area contributed by atoms with Crippen molar-refractivity contribution >= 4 is 21.4 Å². The van der Waals surface area contributed by atoms with Gasteiger partial charge in [-0.05, 0) is 19.1 Å². The van der Waals surface area contributed by atoms with Crippen molar-refractivity contribution in [3.8, 4) is 0 Å². The quantitative estimate of drug-likeness (QED) is 0.785. The van der Waals surface area contributed by atoms with Gasteiger partial charge in [0, 0.05) is 38.1 Å². The Bertz CT molecular complexity index is 873. The zero-order chi connectivity index (χ0) is 18.9. The van der Waals surface area contributed by atoms with Crippen LogP contribution in [0.5, 0.6) is 0 Å². The zero-order valence-corrected chi connectivity index (χ0v) is 15.7. The maximum absolute atomic E-state index is 13.2. The number of thiazole rings is 1. The number of nitrogens with zero attached hydrogens (tertiary/aromatic N) is 3. The Morgan fingerprint density at radius 3 is 2.38 bits per heavy atom. The van der Waals surface area contributed by atoms with Crippen LogP contribution < -0.4 is 0 Å². The topological polar surface area (TPSA) is 53.5 Å². The van der Waals surface area contributed by atoms with Gasteiger partial charge in [0.1, 0.15) is 0 Å². The van der Waals surface area contributed by atoms with Gasteiger partial charge in [0.15, 0.2) is 0 Å². The average molecular weight is 405 g/mol. The third-order valence-corrected chi connectivity index (χ3v) is 6.97. The minimum atomic E-state index is -4.71. The Balaban J connectivity index is 1.73. The first-order chi connectivity index (χ1) is 12.2. The van der Waals surface area contributed by atoms with Crippen molar-refractivity contribution < 1.29 is 21.6 Å². The summed E-state index contributed by atoms with van der Waals surface area (Å²) in [5.41, 5.74) is -0.202. The maximum atomic E-state index is 13.2. The van der Waals surface area contributed by atoms with Crippen LogP contribution in [0.25, 0.3) is 0 Å². The molecule has 0 atom stereocenters. The van der Waals surface area contributed by atoms with Crippen molar-refractivity contribution in [1.82, 2.24) is 14.2 Å². The van der Waals surface area contributed by atoms with Gasteiger partial charge < -0.3 is 0 Å². The molecule has 142 valence electrons. The van der Waals surface area contributed by atoms with Crippen LogP contribution in [-0.4, -0.2) is 48.8 Å². The average Bonchev–Trinajstić information content (AvgIpc) is 2.99. The van der Waals surface area contributed by atoms with Crippen LogP contribution in [0, 0.1) is 6.92 Å². The number of halogens is 3. The number of benzene rings is 1. The summed E-state index contributed by atoms with van der Waals surface area (Å²) in [7, 11) is -4.19. The Labute approximate surface area is 154 Å². The summed E-state index contributed by atoms with van der Waals surface area (Å²) in [6.45, 7) is 3.72. The van der Waals surface area contributed by atoms with E-state index >= 15 is 0 Å². The van der Waals surface area contributed by atoms with E-state index in [1.807, 2.05) is 12.3 Å². The van der Waals surface area contributed by atoms with Gasteiger partial charge in [-0.3, -0.25) is 4.90 Å². The molecule has 0 saturated carbocycles. The maximum Gasteiger partial charge on any atom is 0.417 e. The van der Waals surface area contributed by atoms with E-state index in [2.05, 4.69) is 9.88 Å². The van der Waals surface area contributed by atoms with E-state index in [1.54, 1.807) is 11.3 Å². The van der Waals surface area contributed by atoms with Crippen LogP contribution in [0.15, 0.2) is 34.5 Å². The highest BCUT2D eigenvalue weighted by molar-refractivity contribution is 7.89. The second-order valence-electron chi connectivity index (χ2n) is 6.03. The van der Waals surface area contributed by atoms with Crippen molar-refractivity contribution in [3.05, 3.63) is 45.9 Å². The molecule has 0 unspecified atom stereocenters. The van der Waals surface area contributed by atoms with Crippen molar-refractivity contribution in [2.24, 2.45) is 0 Å². The van der Waals surface area contributed by atoms with Gasteiger partial charge in [0.2, 0.25) is 10.0 Å². The predicted molar refractivity (Wildman–Crippen MR) is 92.3 cm³/mol. The van der Waals surface area contributed by atoms with Gasteiger partial charge >= 0.3 is 6.18 Å². The summed E-state index contributed by atoms with van der Waals surface area (Å²) >= 11 is 1.55. The molecule has 0 aliphatic carbocycles. The molecule has 0 N–H and O–H groups in total. The summed E-state index contributed by atoms with van der Waals surface area (Å²) in [5.74, 6) is 0. The highest BCUT2D eigenvalue weighted by Crippen LogP contribution is 2.35. The molecule has 1 saturated heterocycles. The number of aryl methyl sites for hydroxylation is 1. The van der Waals surface area contributed by atoms with Crippen molar-refractivity contribution in [3.63, 3.8) is 0 Å². The minimum absolute atomic E-state index is 0.150. The number of piperazine rings is 1. The standard InChI is InChI=1S/C16H18F3N3O2S2/c1-12-20-13(11-25-12)10-21-6-8-22(9-7-21)26(23,24)15-5-3-2-4-14(15)16(17,18)19/h2-5,11H,6-10H2,1H3. The van der Waals surface area contributed by atoms with Crippen LogP contribution in [0.4, 0.5) is 13.2 Å². The lowest BCUT2D eigenvalue weighted by atomic mass is 10.2. The van der Waals surface area contributed by atoms with Gasteiger partial charge in [0.25, 0.3) is 0 Å². The number of hydrogen-bond donors (Lipinski definition) is 0. The normalized spacial score (nSPS) is 17.5. The molecule has 26 heavy (non-hydrogen) atoms. The molecule has 0 bridgehead atoms. The molecule has 1 aromatic carbocycles. The second kappa shape index (κ2) is 7.26. The molecule has 0 amide bonds. The molecular formula is C16H18F3N3O2S2. The Morgan fingerprint density at radius 1 is 1.15 bits per heavy atom. The van der Waals surface area contributed by atoms with Crippen LogP contribution in [0.3, 0.4) is 0 Å². The monoisotopic (exact) mass is 405 g/mol. The second-order valence-corrected chi connectivity index (χ2v) is 9.00. The number of aromatic nitrogens is 1. The largest absolute Gasteiger partial charge is 0.417 e. The molecule has 2 heterocycles. The highest BCUT2D eigenvalue weighted by Gasteiger charge is 2.39. The summed E-state index contributed by atoms with van der Waals surface area (Å²) in [4.78, 5) is 5.75. The first kappa shape index (κ1) is 19.3. The van der Waals surface area contributed by atoms with E-state index in [4.69, 9.17) is 0 Å². The smallest absolute Gasteiger partial charge is 0.295 e. The number of alkyl halides is 3. The zero-order valence-electron chi connectivity index (χ0n) is 14.0. The summed E-state index contributed by atoms with van der Waals surface area (Å²) in [6.07, 6.45) is -4.71. The third kappa shape index (κ3) is 4.08. The van der Waals surface area contributed by atoms with Crippen LogP contribution in [0.2, 0.25) is 0 Å². The first-order valence-electron chi connectivity index (χ1n) is 7.97. The molecule has 0 spiro atoms. The fraction of sp³-hybridized carbons (Fsp3) is 0.438. The van der Waals surface area contributed by atoms with Gasteiger partial charge in [0.05, 0.1) is 21.2 Å². The fourth-order valence-electron chi connectivity index (χ4n) is 2.90. The van der Waals surface area contributed by atoms with E-state index in [9.17, 15) is 21.6 Å². The Kier molecular flexibility index (Phi) is 5.38. The van der Waals surface area contributed by atoms with E-state index in [1.165, 1.54) is 12.1 Å². The molecule has 2 aromatic rings. The summed E-state index contributed by atoms with van der Waals surface area (Å²) in [5, 5.41) is 2.92. The molecule has 3 rings (SSSR count). The molecule has 10 heteroatoms. The molecule has 1 aliphatic heterocycles. The molecule has 1 aromatic heterocycles. The number of sulfonamides is 1. The lowest BCUT2D eigenvalue weighted by Crippen LogP contribution is -2.48. The van der Waals surface area contributed by atoms with E-state index in [0.29, 0.717) is 19.6 Å². The van der Waals surface area contributed by atoms with Crippen molar-refractivity contribution in [2.45, 2.75) is 24.5 Å². The van der Waals surface area contributed by atoms with E-state index in [-0.39, 0.29) is 13.1 Å². The van der Waals surface area contributed by atoms with Crippen molar-refractivity contribution in [1.29, 1.82) is 0 Å². The van der Waals surface area contributed by atoms with E-state index < -0.39 is 26.7 Å². The van der Waals surface area contributed by atoms with Crippen LogP contribution in [-0.2, 0) is 22.7 Å². The number of rotatable bonds is 4. The molecule has 1 fully saturated rings. The number of hydrogen-bond acceptors (Lipinski definition) is 5. The van der Waals surface area contributed by atoms with Gasteiger partial charge in [-0.15, -0.1) is 11.3 Å². The van der Waals surface area contributed by atoms with Crippen molar-refractivity contribution in [2.75, 3.05) is 26.2 Å². The summed E-state index contributed by atoms with van der Waals surface area (Å²) < 4.78 is 66.0. The molecule has 0 radical (unpaired) electrons. The van der Waals surface area contributed by atoms with E-state index in [0.717, 1.165) is 27.1 Å². The lowest BCUT2D eigenvalue weighted by Gasteiger charge is -2.34. The van der Waals surface area contributed by atoms with Gasteiger partial charge in [-0.1, -0.05) is 12.1 Å². The predicted octanol–water partition coefficient (Wildman–Crippen LogP) is 2.98. The third-order valence-electron chi connectivity index (χ3n) is 4.19. The fourth-order valence-corrected chi connectivity index (χ4v) is 5.14. The molecular weight excluding hydrogens is 387 g/mol. The van der Waals surface area contributed by atoms with Gasteiger partial charge in [-0.2, -0.15) is 17.5 Å². The van der Waals surface area contributed by atoms with Crippen LogP contribution in [0.1, 0.15) is 16.3 Å². The SMILES string of the molecule is Cc1nc(CN2CCN(S(=O)(=O)c3ccccc3C(F)(F)F)CC2)cs1. The van der Waals surface area contributed by atoms with Gasteiger partial charge in [-0.25, -0.2) is 13.4 Å². The Hall–Kier alpha value is -1.49. The lowest BCUT2D eigenvalue weighted by molar-refractivity contribution is -0.139. The van der Waals surface area contributed by atoms with Crippen LogP contribution >= 0.6 is 11.3 Å². The molecule has 1 aliphatic rings. The first-order valence-corrected chi connectivity index (χ1v) is 10.3. The molecule has 5 nitrogen and oxygen atoms in total. The highest BCUT2D eigenvalue weighted by atomic mass is 32.2. The minimum Gasteiger partial charge on any atom is -0.295 e. The Morgan fingerprint density at radius 2 is 1.81 bits per heavy atom. The summed E-state index contributed by atoms with van der Waals surface area (Å²) in [6, 6.07) is 4.31.